The number of likely N-dealkylation sites (tertiary alicyclic amines) is 1. The summed E-state index contributed by atoms with van der Waals surface area (Å²) in [6.07, 6.45) is 1.97. The number of hydrogen-bond donors (Lipinski definition) is 0. The standard InChI is InChI=1S/C21H22F2N4/c1-13-6-7-21(2,12-27-10-14(9-24)11-27)20-15(13)8-18(25-26-20)19-16(22)4-3-5-17(19)23/h3-5,8,13-14H,6-7,10-12H2,1-2H3/t13-,21+/m0/s1. The lowest BCUT2D eigenvalue weighted by Gasteiger charge is -2.44. The Kier molecular flexibility index (Phi) is 4.43. The van der Waals surface area contributed by atoms with Crippen LogP contribution < -0.4 is 0 Å². The van der Waals surface area contributed by atoms with Gasteiger partial charge in [-0.1, -0.05) is 19.9 Å². The molecule has 6 heteroatoms. The first-order valence-corrected chi connectivity index (χ1v) is 9.36. The normalized spacial score (nSPS) is 25.5. The molecule has 1 saturated heterocycles. The molecule has 4 rings (SSSR count). The number of halogens is 2. The van der Waals surface area contributed by atoms with Gasteiger partial charge in [-0.2, -0.15) is 15.5 Å². The van der Waals surface area contributed by atoms with Crippen molar-refractivity contribution in [3.8, 4) is 17.3 Å². The monoisotopic (exact) mass is 368 g/mol. The van der Waals surface area contributed by atoms with E-state index in [2.05, 4.69) is 35.0 Å². The Bertz CT molecular complexity index is 897. The SMILES string of the molecule is C[C@H]1CC[C@](C)(CN2CC(C#N)C2)c2nnc(-c3c(F)cccc3F)cc21. The number of hydrogen-bond acceptors (Lipinski definition) is 4. The van der Waals surface area contributed by atoms with Crippen molar-refractivity contribution in [2.24, 2.45) is 5.92 Å². The van der Waals surface area contributed by atoms with E-state index in [0.717, 1.165) is 43.7 Å². The molecular formula is C21H22F2N4. The van der Waals surface area contributed by atoms with Gasteiger partial charge in [0, 0.05) is 25.0 Å². The average molecular weight is 368 g/mol. The summed E-state index contributed by atoms with van der Waals surface area (Å²) in [5.74, 6) is -0.870. The van der Waals surface area contributed by atoms with Crippen LogP contribution in [-0.2, 0) is 5.41 Å². The van der Waals surface area contributed by atoms with E-state index in [-0.39, 0.29) is 28.5 Å². The number of rotatable bonds is 3. The van der Waals surface area contributed by atoms with Gasteiger partial charge in [-0.05, 0) is 42.5 Å². The van der Waals surface area contributed by atoms with E-state index in [4.69, 9.17) is 5.26 Å². The van der Waals surface area contributed by atoms with Crippen molar-refractivity contribution in [2.45, 2.75) is 38.0 Å². The van der Waals surface area contributed by atoms with Crippen molar-refractivity contribution in [3.05, 3.63) is 47.2 Å². The maximum absolute atomic E-state index is 14.2. The van der Waals surface area contributed by atoms with Crippen LogP contribution in [0.2, 0.25) is 0 Å². The molecule has 0 bridgehead atoms. The second-order valence-corrected chi connectivity index (χ2v) is 8.15. The first-order chi connectivity index (χ1) is 12.9. The summed E-state index contributed by atoms with van der Waals surface area (Å²) < 4.78 is 28.3. The molecule has 1 aromatic carbocycles. The molecule has 1 fully saturated rings. The quantitative estimate of drug-likeness (QED) is 0.821. The lowest BCUT2D eigenvalue weighted by Crippen LogP contribution is -2.52. The summed E-state index contributed by atoms with van der Waals surface area (Å²) in [4.78, 5) is 2.28. The average Bonchev–Trinajstić information content (AvgIpc) is 2.61. The summed E-state index contributed by atoms with van der Waals surface area (Å²) >= 11 is 0. The zero-order valence-corrected chi connectivity index (χ0v) is 15.5. The maximum atomic E-state index is 14.2. The van der Waals surface area contributed by atoms with Crippen molar-refractivity contribution in [2.75, 3.05) is 19.6 Å². The van der Waals surface area contributed by atoms with Crippen LogP contribution in [-0.4, -0.2) is 34.7 Å². The van der Waals surface area contributed by atoms with E-state index >= 15 is 0 Å². The minimum atomic E-state index is -0.626. The van der Waals surface area contributed by atoms with Gasteiger partial charge in [0.15, 0.2) is 0 Å². The number of fused-ring (bicyclic) bond motifs is 1. The van der Waals surface area contributed by atoms with E-state index in [1.54, 1.807) is 6.07 Å². The van der Waals surface area contributed by atoms with Gasteiger partial charge >= 0.3 is 0 Å². The number of nitriles is 1. The van der Waals surface area contributed by atoms with Crippen LogP contribution in [0.1, 0.15) is 43.9 Å². The lowest BCUT2D eigenvalue weighted by atomic mass is 9.70. The Morgan fingerprint density at radius 1 is 1.26 bits per heavy atom. The molecule has 0 N–H and O–H groups in total. The molecule has 1 aromatic heterocycles. The van der Waals surface area contributed by atoms with E-state index in [1.165, 1.54) is 18.2 Å². The highest BCUT2D eigenvalue weighted by atomic mass is 19.1. The molecule has 140 valence electrons. The topological polar surface area (TPSA) is 52.8 Å². The zero-order valence-electron chi connectivity index (χ0n) is 15.5. The Hall–Kier alpha value is -2.39. The minimum Gasteiger partial charge on any atom is -0.300 e. The molecule has 2 aliphatic rings. The molecule has 1 aliphatic heterocycles. The fourth-order valence-corrected chi connectivity index (χ4v) is 4.35. The number of nitrogens with zero attached hydrogens (tertiary/aromatic N) is 4. The molecule has 0 amide bonds. The van der Waals surface area contributed by atoms with Gasteiger partial charge in [0.25, 0.3) is 0 Å². The van der Waals surface area contributed by atoms with Gasteiger partial charge in [-0.25, -0.2) is 8.78 Å². The fraction of sp³-hybridized carbons (Fsp3) is 0.476. The third kappa shape index (κ3) is 3.10. The zero-order chi connectivity index (χ0) is 19.2. The second-order valence-electron chi connectivity index (χ2n) is 8.15. The highest BCUT2D eigenvalue weighted by Crippen LogP contribution is 2.43. The Labute approximate surface area is 157 Å². The predicted octanol–water partition coefficient (Wildman–Crippen LogP) is 4.03. The van der Waals surface area contributed by atoms with Crippen LogP contribution in [0.3, 0.4) is 0 Å². The van der Waals surface area contributed by atoms with E-state index in [9.17, 15) is 8.78 Å². The maximum Gasteiger partial charge on any atom is 0.135 e. The van der Waals surface area contributed by atoms with Crippen LogP contribution in [0.15, 0.2) is 24.3 Å². The molecule has 0 saturated carbocycles. The fourth-order valence-electron chi connectivity index (χ4n) is 4.35. The first-order valence-electron chi connectivity index (χ1n) is 9.36. The van der Waals surface area contributed by atoms with Crippen LogP contribution >= 0.6 is 0 Å². The summed E-state index contributed by atoms with van der Waals surface area (Å²) in [7, 11) is 0. The lowest BCUT2D eigenvalue weighted by molar-refractivity contribution is 0.0949. The van der Waals surface area contributed by atoms with Gasteiger partial charge in [0.05, 0.1) is 28.9 Å². The van der Waals surface area contributed by atoms with Gasteiger partial charge in [0.1, 0.15) is 11.6 Å². The number of benzene rings is 1. The smallest absolute Gasteiger partial charge is 0.135 e. The highest BCUT2D eigenvalue weighted by molar-refractivity contribution is 5.61. The van der Waals surface area contributed by atoms with Gasteiger partial charge < -0.3 is 0 Å². The molecule has 0 spiro atoms. The molecule has 4 nitrogen and oxygen atoms in total. The first kappa shape index (κ1) is 18.0. The predicted molar refractivity (Wildman–Crippen MR) is 97.9 cm³/mol. The van der Waals surface area contributed by atoms with Crippen molar-refractivity contribution in [1.29, 1.82) is 5.26 Å². The molecule has 27 heavy (non-hydrogen) atoms. The summed E-state index contributed by atoms with van der Waals surface area (Å²) in [5.41, 5.74) is 1.90. The van der Waals surface area contributed by atoms with Crippen LogP contribution in [0.4, 0.5) is 8.78 Å². The van der Waals surface area contributed by atoms with Gasteiger partial charge in [-0.15, -0.1) is 0 Å². The van der Waals surface area contributed by atoms with Crippen LogP contribution in [0.5, 0.6) is 0 Å². The minimum absolute atomic E-state index is 0.119. The molecule has 2 heterocycles. The summed E-state index contributed by atoms with van der Waals surface area (Å²) in [6.45, 7) is 6.71. The summed E-state index contributed by atoms with van der Waals surface area (Å²) in [6, 6.07) is 7.93. The van der Waals surface area contributed by atoms with Crippen LogP contribution in [0, 0.1) is 28.9 Å². The van der Waals surface area contributed by atoms with Crippen molar-refractivity contribution >= 4 is 0 Å². The molecular weight excluding hydrogens is 346 g/mol. The Morgan fingerprint density at radius 3 is 2.63 bits per heavy atom. The largest absolute Gasteiger partial charge is 0.300 e. The highest BCUT2D eigenvalue weighted by Gasteiger charge is 2.41. The number of aromatic nitrogens is 2. The van der Waals surface area contributed by atoms with Crippen molar-refractivity contribution < 1.29 is 8.78 Å². The second kappa shape index (κ2) is 6.65. The molecule has 0 unspecified atom stereocenters. The molecule has 1 aliphatic carbocycles. The van der Waals surface area contributed by atoms with E-state index in [1.807, 2.05) is 0 Å². The third-order valence-electron chi connectivity index (χ3n) is 5.99. The van der Waals surface area contributed by atoms with Crippen LogP contribution in [0.25, 0.3) is 11.3 Å². The molecule has 0 radical (unpaired) electrons. The Balaban J connectivity index is 1.69. The van der Waals surface area contributed by atoms with Crippen molar-refractivity contribution in [1.82, 2.24) is 15.1 Å². The molecule has 2 atom stereocenters. The van der Waals surface area contributed by atoms with Gasteiger partial charge in [0.2, 0.25) is 0 Å². The molecule has 2 aromatic rings. The van der Waals surface area contributed by atoms with Gasteiger partial charge in [-0.3, -0.25) is 4.90 Å². The van der Waals surface area contributed by atoms with E-state index < -0.39 is 11.6 Å². The third-order valence-corrected chi connectivity index (χ3v) is 5.99. The van der Waals surface area contributed by atoms with Crippen molar-refractivity contribution in [3.63, 3.8) is 0 Å². The van der Waals surface area contributed by atoms with E-state index in [0.29, 0.717) is 0 Å². The Morgan fingerprint density at radius 2 is 1.96 bits per heavy atom. The summed E-state index contributed by atoms with van der Waals surface area (Å²) in [5, 5.41) is 17.6.